The fourth-order valence-corrected chi connectivity index (χ4v) is 3.22. The van der Waals surface area contributed by atoms with Crippen molar-refractivity contribution >= 4 is 34.2 Å². The summed E-state index contributed by atoms with van der Waals surface area (Å²) in [7, 11) is -0.637. The van der Waals surface area contributed by atoms with Crippen molar-refractivity contribution in [3.05, 3.63) is 29.8 Å². The number of benzene rings is 1. The third-order valence-electron chi connectivity index (χ3n) is 3.32. The molecule has 1 atom stereocenters. The predicted molar refractivity (Wildman–Crippen MR) is 81.5 cm³/mol. The molecule has 10 heteroatoms. The highest BCUT2D eigenvalue weighted by Gasteiger charge is 2.47. The van der Waals surface area contributed by atoms with Crippen LogP contribution < -0.4 is 4.18 Å². The minimum atomic E-state index is -4.37. The third-order valence-corrected chi connectivity index (χ3v) is 4.69. The molecule has 1 aliphatic heterocycles. The van der Waals surface area contributed by atoms with Gasteiger partial charge < -0.3 is 8.92 Å². The number of carbonyl (C=O) groups excluding carboxylic acids is 3. The molecule has 3 amide bonds. The summed E-state index contributed by atoms with van der Waals surface area (Å²) in [6.07, 6.45) is 0.975. The van der Waals surface area contributed by atoms with Crippen LogP contribution >= 0.6 is 0 Å². The van der Waals surface area contributed by atoms with Gasteiger partial charge in [-0.05, 0) is 24.3 Å². The van der Waals surface area contributed by atoms with Crippen LogP contribution in [0.3, 0.4) is 0 Å². The summed E-state index contributed by atoms with van der Waals surface area (Å²) in [6, 6.07) is 4.52. The van der Waals surface area contributed by atoms with E-state index in [1.807, 2.05) is 0 Å². The second kappa shape index (κ2) is 6.40. The molecule has 24 heavy (non-hydrogen) atoms. The van der Waals surface area contributed by atoms with Crippen molar-refractivity contribution in [1.82, 2.24) is 4.90 Å². The van der Waals surface area contributed by atoms with Gasteiger partial charge in [0, 0.05) is 0 Å². The number of urea groups is 1. The summed E-state index contributed by atoms with van der Waals surface area (Å²) in [5, 5.41) is -1.65. The second-order valence-corrected chi connectivity index (χ2v) is 6.61. The fraction of sp³-hybridized carbons (Fsp3) is 0.286. The Kier molecular flexibility index (Phi) is 4.69. The van der Waals surface area contributed by atoms with Crippen LogP contribution in [0.15, 0.2) is 24.3 Å². The Hall–Kier alpha value is -2.75. The molecule has 1 unspecified atom stereocenters. The zero-order valence-corrected chi connectivity index (χ0v) is 13.9. The number of rotatable bonds is 4. The average Bonchev–Trinajstić information content (AvgIpc) is 2.55. The molecule has 0 fully saturated rings. The van der Waals surface area contributed by atoms with Crippen molar-refractivity contribution in [2.24, 2.45) is 0 Å². The summed E-state index contributed by atoms with van der Waals surface area (Å²) >= 11 is 0. The lowest BCUT2D eigenvalue weighted by atomic mass is 10.2. The molecule has 1 aromatic carbocycles. The van der Waals surface area contributed by atoms with Crippen LogP contribution in [0.4, 0.5) is 4.79 Å². The van der Waals surface area contributed by atoms with Gasteiger partial charge in [0.1, 0.15) is 12.0 Å². The zero-order valence-electron chi connectivity index (χ0n) is 13.1. The number of esters is 1. The first-order valence-corrected chi connectivity index (χ1v) is 8.15. The van der Waals surface area contributed by atoms with Gasteiger partial charge >= 0.3 is 28.0 Å². The Morgan fingerprint density at radius 1 is 1.21 bits per heavy atom. The summed E-state index contributed by atoms with van der Waals surface area (Å²) in [4.78, 5) is 35.7. The molecular weight excluding hydrogens is 340 g/mol. The predicted octanol–water partition coefficient (Wildman–Crippen LogP) is -0.144. The van der Waals surface area contributed by atoms with E-state index in [2.05, 4.69) is 4.74 Å². The number of amides is 3. The topological polar surface area (TPSA) is 110 Å². The lowest BCUT2D eigenvalue weighted by Crippen LogP contribution is -2.54. The van der Waals surface area contributed by atoms with E-state index >= 15 is 0 Å². The number of nitrogens with zero attached hydrogens (tertiary/aromatic N) is 2. The standard InChI is InChI=1S/C14H15N2O7S/c1-15-8-11(12(17)16(2)14(15)19)24(20,21)23-10-6-4-9(5-7-10)13(18)22-3/h4-8,11H,1-3H3/q+1. The van der Waals surface area contributed by atoms with E-state index in [-0.39, 0.29) is 11.3 Å². The minimum absolute atomic E-state index is 0.0777. The molecule has 1 aliphatic rings. The lowest BCUT2D eigenvalue weighted by molar-refractivity contribution is -0.399. The van der Waals surface area contributed by atoms with E-state index in [0.717, 1.165) is 10.8 Å². The van der Waals surface area contributed by atoms with Gasteiger partial charge in [0.15, 0.2) is 0 Å². The largest absolute Gasteiger partial charge is 0.500 e. The van der Waals surface area contributed by atoms with E-state index in [9.17, 15) is 22.8 Å². The van der Waals surface area contributed by atoms with E-state index in [1.54, 1.807) is 0 Å². The van der Waals surface area contributed by atoms with Gasteiger partial charge in [0.2, 0.25) is 0 Å². The summed E-state index contributed by atoms with van der Waals surface area (Å²) in [5.41, 5.74) is 0.215. The molecule has 9 nitrogen and oxygen atoms in total. The first kappa shape index (κ1) is 17.6. The quantitative estimate of drug-likeness (QED) is 0.420. The van der Waals surface area contributed by atoms with Crippen LogP contribution in [0.1, 0.15) is 10.4 Å². The average molecular weight is 355 g/mol. The highest BCUT2D eigenvalue weighted by molar-refractivity contribution is 7.89. The molecule has 0 radical (unpaired) electrons. The molecule has 0 saturated carbocycles. The zero-order chi connectivity index (χ0) is 18.1. The van der Waals surface area contributed by atoms with E-state index in [1.165, 1.54) is 45.5 Å². The number of hydrogen-bond donors (Lipinski definition) is 0. The molecule has 0 N–H and O–H groups in total. The lowest BCUT2D eigenvalue weighted by Gasteiger charge is -2.19. The van der Waals surface area contributed by atoms with Crippen LogP contribution in [0.25, 0.3) is 0 Å². The maximum Gasteiger partial charge on any atom is 0.500 e. The van der Waals surface area contributed by atoms with Gasteiger partial charge in [-0.2, -0.15) is 18.1 Å². The van der Waals surface area contributed by atoms with Crippen LogP contribution in [-0.2, 0) is 19.6 Å². The molecule has 2 rings (SSSR count). The van der Waals surface area contributed by atoms with Crippen molar-refractivity contribution in [3.63, 3.8) is 0 Å². The second-order valence-electron chi connectivity index (χ2n) is 4.95. The fourth-order valence-electron chi connectivity index (χ4n) is 2.00. The van der Waals surface area contributed by atoms with Crippen LogP contribution in [0, 0.1) is 0 Å². The number of carbonyl (C=O) groups is 3. The molecule has 0 aromatic heterocycles. The van der Waals surface area contributed by atoms with Gasteiger partial charge in [-0.25, -0.2) is 14.2 Å². The van der Waals surface area contributed by atoms with Crippen LogP contribution in [0.2, 0.25) is 0 Å². The van der Waals surface area contributed by atoms with Gasteiger partial charge in [-0.3, -0.25) is 0 Å². The van der Waals surface area contributed by atoms with Gasteiger partial charge in [-0.1, -0.05) is 0 Å². The molecular formula is C14H15N2O7S+. The monoisotopic (exact) mass is 355 g/mol. The Morgan fingerprint density at radius 3 is 2.33 bits per heavy atom. The Labute approximate surface area is 138 Å². The van der Waals surface area contributed by atoms with Gasteiger partial charge in [-0.15, -0.1) is 0 Å². The van der Waals surface area contributed by atoms with Crippen molar-refractivity contribution in [1.29, 1.82) is 0 Å². The van der Waals surface area contributed by atoms with E-state index in [0.29, 0.717) is 4.90 Å². The Morgan fingerprint density at radius 2 is 1.79 bits per heavy atom. The molecule has 0 bridgehead atoms. The van der Waals surface area contributed by atoms with E-state index in [4.69, 9.17) is 4.18 Å². The third kappa shape index (κ3) is 3.27. The van der Waals surface area contributed by atoms with Crippen LogP contribution in [0.5, 0.6) is 5.75 Å². The normalized spacial score (nSPS) is 18.2. The van der Waals surface area contributed by atoms with Crippen molar-refractivity contribution in [2.45, 2.75) is 5.25 Å². The smallest absolute Gasteiger partial charge is 0.465 e. The first-order valence-electron chi connectivity index (χ1n) is 6.68. The Balaban J connectivity index is 2.27. The summed E-state index contributed by atoms with van der Waals surface area (Å²) < 4.78 is 35.1. The number of ether oxygens (including phenoxy) is 1. The van der Waals surface area contributed by atoms with Crippen molar-refractivity contribution in [3.8, 4) is 5.75 Å². The molecule has 1 heterocycles. The van der Waals surface area contributed by atoms with Crippen LogP contribution in [-0.4, -0.2) is 68.5 Å². The maximum atomic E-state index is 12.3. The molecule has 0 saturated heterocycles. The van der Waals surface area contributed by atoms with E-state index < -0.39 is 33.3 Å². The maximum absolute atomic E-state index is 12.3. The summed E-state index contributed by atoms with van der Waals surface area (Å²) in [5.74, 6) is -1.57. The van der Waals surface area contributed by atoms with Gasteiger partial charge in [0.05, 0.1) is 26.8 Å². The number of hydrogen-bond acceptors (Lipinski definition) is 7. The van der Waals surface area contributed by atoms with Crippen molar-refractivity contribution in [2.75, 3.05) is 21.2 Å². The van der Waals surface area contributed by atoms with Gasteiger partial charge in [0.25, 0.3) is 5.25 Å². The minimum Gasteiger partial charge on any atom is -0.465 e. The highest BCUT2D eigenvalue weighted by Crippen LogP contribution is 2.18. The molecule has 0 aliphatic carbocycles. The van der Waals surface area contributed by atoms with Crippen molar-refractivity contribution < 1.29 is 36.3 Å². The summed E-state index contributed by atoms with van der Waals surface area (Å²) in [6.45, 7) is 0. The molecule has 128 valence electrons. The molecule has 1 aromatic rings. The Bertz CT molecular complexity index is 827. The first-order chi connectivity index (χ1) is 11.2. The number of imide groups is 1. The molecule has 0 spiro atoms. The number of methoxy groups -OCH3 is 1. The SMILES string of the molecule is COC(=O)c1ccc(OS(=O)(=O)C2C=[N+](C)C(=O)N(C)C2=O)cc1. The highest BCUT2D eigenvalue weighted by atomic mass is 32.2.